The van der Waals surface area contributed by atoms with Crippen molar-refractivity contribution < 1.29 is 4.79 Å². The summed E-state index contributed by atoms with van der Waals surface area (Å²) in [6.07, 6.45) is 0. The van der Waals surface area contributed by atoms with Gasteiger partial charge in [0, 0.05) is 22.2 Å². The Bertz CT molecular complexity index is 1010. The van der Waals surface area contributed by atoms with Crippen molar-refractivity contribution in [1.82, 2.24) is 10.6 Å². The van der Waals surface area contributed by atoms with Gasteiger partial charge in [0.05, 0.1) is 0 Å². The molecule has 0 heterocycles. The van der Waals surface area contributed by atoms with Crippen LogP contribution in [0.4, 0.5) is 0 Å². The molecule has 6 heteroatoms. The van der Waals surface area contributed by atoms with E-state index in [9.17, 15) is 4.79 Å². The zero-order valence-corrected chi connectivity index (χ0v) is 18.0. The molecule has 3 aromatic carbocycles. The molecule has 3 rings (SSSR count). The Morgan fingerprint density at radius 3 is 2.27 bits per heavy atom. The van der Waals surface area contributed by atoms with Crippen LogP contribution in [0.1, 0.15) is 35.6 Å². The summed E-state index contributed by atoms with van der Waals surface area (Å²) in [5, 5.41) is 15.5. The molecule has 0 saturated carbocycles. The zero-order chi connectivity index (χ0) is 21.5. The van der Waals surface area contributed by atoms with Gasteiger partial charge in [-0.3, -0.25) is 10.2 Å². The van der Waals surface area contributed by atoms with Gasteiger partial charge in [-0.15, -0.1) is 0 Å². The highest BCUT2D eigenvalue weighted by molar-refractivity contribution is 6.30. The normalized spacial score (nSPS) is 12.8. The van der Waals surface area contributed by atoms with Crippen molar-refractivity contribution in [3.05, 3.63) is 106 Å². The van der Waals surface area contributed by atoms with E-state index in [1.807, 2.05) is 54.6 Å². The van der Waals surface area contributed by atoms with E-state index < -0.39 is 6.04 Å². The molecule has 0 spiro atoms. The Labute approximate surface area is 186 Å². The Kier molecular flexibility index (Phi) is 7.63. The first-order valence-electron chi connectivity index (χ1n) is 9.63. The van der Waals surface area contributed by atoms with Crippen LogP contribution in [-0.4, -0.2) is 18.3 Å². The summed E-state index contributed by atoms with van der Waals surface area (Å²) in [4.78, 5) is 13.1. The molecule has 3 N–H and O–H groups in total. The van der Waals surface area contributed by atoms with Crippen LogP contribution in [0.5, 0.6) is 0 Å². The number of rotatable bonds is 7. The molecule has 30 heavy (non-hydrogen) atoms. The van der Waals surface area contributed by atoms with Crippen molar-refractivity contribution in [2.24, 2.45) is 0 Å². The van der Waals surface area contributed by atoms with E-state index in [-0.39, 0.29) is 17.7 Å². The maximum absolute atomic E-state index is 13.1. The fourth-order valence-electron chi connectivity index (χ4n) is 3.12. The molecule has 0 aliphatic heterocycles. The Morgan fingerprint density at radius 1 is 0.900 bits per heavy atom. The quantitative estimate of drug-likeness (QED) is 0.332. The molecule has 154 valence electrons. The highest BCUT2D eigenvalue weighted by atomic mass is 35.5. The number of amidine groups is 1. The lowest BCUT2D eigenvalue weighted by molar-refractivity contribution is -0.121. The van der Waals surface area contributed by atoms with Crippen molar-refractivity contribution in [3.8, 4) is 0 Å². The number of nitrogens with one attached hydrogen (secondary N) is 3. The molecule has 0 aliphatic rings. The maximum Gasteiger partial charge on any atom is 0.247 e. The summed E-state index contributed by atoms with van der Waals surface area (Å²) in [5.74, 6) is -0.0973. The summed E-state index contributed by atoms with van der Waals surface area (Å²) in [7, 11) is 0. The fraction of sp³-hybridized carbons (Fsp3) is 0.167. The van der Waals surface area contributed by atoms with Gasteiger partial charge >= 0.3 is 0 Å². The molecule has 1 amide bonds. The molecule has 0 radical (unpaired) electrons. The first-order chi connectivity index (χ1) is 14.4. The fourth-order valence-corrected chi connectivity index (χ4v) is 3.45. The van der Waals surface area contributed by atoms with E-state index in [4.69, 9.17) is 28.6 Å². The number of hydrogen-bond acceptors (Lipinski definition) is 3. The van der Waals surface area contributed by atoms with Gasteiger partial charge in [0.1, 0.15) is 11.9 Å². The topological polar surface area (TPSA) is 65.0 Å². The molecule has 0 fully saturated rings. The molecule has 0 bridgehead atoms. The van der Waals surface area contributed by atoms with E-state index in [2.05, 4.69) is 17.6 Å². The van der Waals surface area contributed by atoms with E-state index in [1.54, 1.807) is 24.3 Å². The molecular formula is C24H23Cl2N3O. The molecule has 3 aromatic rings. The summed E-state index contributed by atoms with van der Waals surface area (Å²) >= 11 is 12.1. The van der Waals surface area contributed by atoms with E-state index in [0.29, 0.717) is 22.2 Å². The van der Waals surface area contributed by atoms with Crippen LogP contribution in [0.25, 0.3) is 0 Å². The molecule has 2 atom stereocenters. The van der Waals surface area contributed by atoms with Crippen LogP contribution < -0.4 is 10.6 Å². The summed E-state index contributed by atoms with van der Waals surface area (Å²) in [5.41, 5.74) is 2.50. The van der Waals surface area contributed by atoms with Crippen molar-refractivity contribution in [3.63, 3.8) is 0 Å². The van der Waals surface area contributed by atoms with Crippen molar-refractivity contribution in [2.45, 2.75) is 18.9 Å². The van der Waals surface area contributed by atoms with Gasteiger partial charge < -0.3 is 10.6 Å². The van der Waals surface area contributed by atoms with Gasteiger partial charge in [0.2, 0.25) is 5.91 Å². The average molecular weight is 440 g/mol. The van der Waals surface area contributed by atoms with Crippen molar-refractivity contribution >= 4 is 34.9 Å². The lowest BCUT2D eigenvalue weighted by Gasteiger charge is -2.22. The smallest absolute Gasteiger partial charge is 0.247 e. The largest absolute Gasteiger partial charge is 0.309 e. The standard InChI is InChI=1S/C24H23Cl2N3O/c1-16(17-10-12-20(25)13-11-17)15-28-22(19-8-5-9-21(26)14-19)24(30)29-23(27)18-6-3-2-4-7-18/h2-14,16,22,28H,15H2,1H3,(H2,27,29,30). The minimum atomic E-state index is -0.650. The first-order valence-corrected chi connectivity index (χ1v) is 10.4. The van der Waals surface area contributed by atoms with Crippen LogP contribution in [0.15, 0.2) is 78.9 Å². The second-order valence-electron chi connectivity index (χ2n) is 7.08. The van der Waals surface area contributed by atoms with Crippen LogP contribution in [0.3, 0.4) is 0 Å². The number of hydrogen-bond donors (Lipinski definition) is 3. The van der Waals surface area contributed by atoms with Gasteiger partial charge in [-0.05, 0) is 41.3 Å². The number of carbonyl (C=O) groups is 1. The van der Waals surface area contributed by atoms with Crippen molar-refractivity contribution in [1.29, 1.82) is 5.41 Å². The summed E-state index contributed by atoms with van der Waals surface area (Å²) in [6, 6.07) is 23.3. The highest BCUT2D eigenvalue weighted by Gasteiger charge is 2.23. The molecule has 2 unspecified atom stereocenters. The van der Waals surface area contributed by atoms with E-state index >= 15 is 0 Å². The monoisotopic (exact) mass is 439 g/mol. The van der Waals surface area contributed by atoms with Gasteiger partial charge in [-0.2, -0.15) is 0 Å². The van der Waals surface area contributed by atoms with Crippen LogP contribution in [0, 0.1) is 5.41 Å². The van der Waals surface area contributed by atoms with Crippen LogP contribution in [0.2, 0.25) is 10.0 Å². The third kappa shape index (κ3) is 5.92. The third-order valence-electron chi connectivity index (χ3n) is 4.82. The maximum atomic E-state index is 13.1. The zero-order valence-electron chi connectivity index (χ0n) is 16.5. The van der Waals surface area contributed by atoms with E-state index in [0.717, 1.165) is 11.1 Å². The molecule has 4 nitrogen and oxygen atoms in total. The van der Waals surface area contributed by atoms with Crippen LogP contribution >= 0.6 is 23.2 Å². The number of carbonyl (C=O) groups excluding carboxylic acids is 1. The molecule has 0 saturated heterocycles. The molecule has 0 aliphatic carbocycles. The number of halogens is 2. The highest BCUT2D eigenvalue weighted by Crippen LogP contribution is 2.21. The molecule has 0 aromatic heterocycles. The second-order valence-corrected chi connectivity index (χ2v) is 7.95. The second kappa shape index (κ2) is 10.4. The predicted molar refractivity (Wildman–Crippen MR) is 123 cm³/mol. The lowest BCUT2D eigenvalue weighted by Crippen LogP contribution is -2.41. The van der Waals surface area contributed by atoms with Gasteiger partial charge in [-0.25, -0.2) is 0 Å². The Morgan fingerprint density at radius 2 is 1.60 bits per heavy atom. The SMILES string of the molecule is CC(CNC(C(=O)NC(=N)c1ccccc1)c1cccc(Cl)c1)c1ccc(Cl)cc1. The average Bonchev–Trinajstić information content (AvgIpc) is 2.75. The van der Waals surface area contributed by atoms with Crippen LogP contribution in [-0.2, 0) is 4.79 Å². The molecular weight excluding hydrogens is 417 g/mol. The van der Waals surface area contributed by atoms with Gasteiger partial charge in [0.25, 0.3) is 0 Å². The first kappa shape index (κ1) is 22.0. The van der Waals surface area contributed by atoms with Crippen molar-refractivity contribution in [2.75, 3.05) is 6.54 Å². The lowest BCUT2D eigenvalue weighted by atomic mass is 9.99. The van der Waals surface area contributed by atoms with Gasteiger partial charge in [-0.1, -0.05) is 84.7 Å². The number of benzene rings is 3. The minimum absolute atomic E-state index is 0.0557. The van der Waals surface area contributed by atoms with Gasteiger partial charge in [0.15, 0.2) is 0 Å². The third-order valence-corrected chi connectivity index (χ3v) is 5.31. The Hall–Kier alpha value is -2.66. The minimum Gasteiger partial charge on any atom is -0.309 e. The Balaban J connectivity index is 1.75. The number of amides is 1. The summed E-state index contributed by atoms with van der Waals surface area (Å²) in [6.45, 7) is 2.64. The van der Waals surface area contributed by atoms with E-state index in [1.165, 1.54) is 0 Å². The summed E-state index contributed by atoms with van der Waals surface area (Å²) < 4.78 is 0. The predicted octanol–water partition coefficient (Wildman–Crippen LogP) is 5.57.